The van der Waals surface area contributed by atoms with Gasteiger partial charge in [-0.2, -0.15) is 0 Å². The van der Waals surface area contributed by atoms with Crippen molar-refractivity contribution in [1.82, 2.24) is 9.80 Å². The monoisotopic (exact) mass is 290 g/mol. The second-order valence-electron chi connectivity index (χ2n) is 6.45. The first kappa shape index (κ1) is 14.2. The quantitative estimate of drug-likeness (QED) is 0.825. The topological polar surface area (TPSA) is 64.0 Å². The van der Waals surface area contributed by atoms with Gasteiger partial charge in [-0.25, -0.2) is 0 Å². The fraction of sp³-hybridized carbons (Fsp3) is 0.562. The molecule has 1 aromatic carbocycles. The zero-order valence-corrected chi connectivity index (χ0v) is 12.4. The van der Waals surface area contributed by atoms with Crippen LogP contribution in [0, 0.1) is 5.41 Å². The van der Waals surface area contributed by atoms with Crippen molar-refractivity contribution in [3.63, 3.8) is 0 Å². The molecule has 0 atom stereocenters. The zero-order chi connectivity index (χ0) is 15.0. The number of carbonyl (C=O) groups excluding carboxylic acids is 1. The van der Waals surface area contributed by atoms with E-state index < -0.39 is 0 Å². The summed E-state index contributed by atoms with van der Waals surface area (Å²) in [5, 5.41) is 19.6. The minimum atomic E-state index is -0.271. The number of amides is 1. The largest absolute Gasteiger partial charge is 0.507 e. The number of carbonyl (C=O) groups is 1. The summed E-state index contributed by atoms with van der Waals surface area (Å²) in [5.74, 6) is -0.575. The van der Waals surface area contributed by atoms with Gasteiger partial charge in [0, 0.05) is 19.6 Å². The molecule has 0 aromatic heterocycles. The highest BCUT2D eigenvalue weighted by atomic mass is 16.3. The van der Waals surface area contributed by atoms with Gasteiger partial charge in [0.1, 0.15) is 17.1 Å². The average molecular weight is 290 g/mol. The number of benzene rings is 1. The molecule has 0 unspecified atom stereocenters. The molecule has 1 spiro atoms. The van der Waals surface area contributed by atoms with Crippen molar-refractivity contribution < 1.29 is 15.0 Å². The van der Waals surface area contributed by atoms with Crippen LogP contribution in [0.15, 0.2) is 18.2 Å². The van der Waals surface area contributed by atoms with Crippen molar-refractivity contribution in [1.29, 1.82) is 0 Å². The number of phenolic OH excluding ortho intramolecular Hbond substituents is 2. The summed E-state index contributed by atoms with van der Waals surface area (Å²) < 4.78 is 0. The molecule has 2 aliphatic rings. The Morgan fingerprint density at radius 1 is 1.10 bits per heavy atom. The molecule has 114 valence electrons. The molecule has 2 aliphatic heterocycles. The highest BCUT2D eigenvalue weighted by molar-refractivity contribution is 5.99. The summed E-state index contributed by atoms with van der Waals surface area (Å²) in [6, 6.07) is 4.40. The van der Waals surface area contributed by atoms with Crippen LogP contribution in [-0.2, 0) is 0 Å². The van der Waals surface area contributed by atoms with E-state index in [-0.39, 0.29) is 23.0 Å². The average Bonchev–Trinajstić information content (AvgIpc) is 2.80. The predicted octanol–water partition coefficient (Wildman–Crippen LogP) is 1.66. The van der Waals surface area contributed by atoms with Crippen molar-refractivity contribution in [3.05, 3.63) is 23.8 Å². The molecule has 3 rings (SSSR count). The van der Waals surface area contributed by atoms with Crippen LogP contribution in [-0.4, -0.2) is 59.1 Å². The Morgan fingerprint density at radius 2 is 1.67 bits per heavy atom. The zero-order valence-electron chi connectivity index (χ0n) is 12.4. The Balaban J connectivity index is 1.71. The Hall–Kier alpha value is -1.75. The molecular weight excluding hydrogens is 268 g/mol. The Kier molecular flexibility index (Phi) is 3.53. The first-order valence-electron chi connectivity index (χ1n) is 7.50. The van der Waals surface area contributed by atoms with Crippen molar-refractivity contribution in [2.75, 3.05) is 33.2 Å². The van der Waals surface area contributed by atoms with Gasteiger partial charge in [-0.3, -0.25) is 4.79 Å². The molecule has 5 nitrogen and oxygen atoms in total. The summed E-state index contributed by atoms with van der Waals surface area (Å²) in [7, 11) is 2.15. The van der Waals surface area contributed by atoms with Crippen LogP contribution in [0.4, 0.5) is 0 Å². The lowest BCUT2D eigenvalue weighted by Gasteiger charge is -2.39. The van der Waals surface area contributed by atoms with E-state index in [0.717, 1.165) is 25.9 Å². The predicted molar refractivity (Wildman–Crippen MR) is 79.5 cm³/mol. The van der Waals surface area contributed by atoms with Crippen LogP contribution in [0.5, 0.6) is 11.5 Å². The molecule has 2 N–H and O–H groups in total. The van der Waals surface area contributed by atoms with Crippen LogP contribution in [0.25, 0.3) is 0 Å². The van der Waals surface area contributed by atoms with Gasteiger partial charge in [0.2, 0.25) is 0 Å². The van der Waals surface area contributed by atoms with E-state index in [1.54, 1.807) is 4.90 Å². The van der Waals surface area contributed by atoms with Gasteiger partial charge in [-0.1, -0.05) is 6.07 Å². The van der Waals surface area contributed by atoms with E-state index >= 15 is 0 Å². The number of phenols is 2. The number of aromatic hydroxyl groups is 2. The molecule has 2 heterocycles. The van der Waals surface area contributed by atoms with E-state index in [4.69, 9.17) is 0 Å². The van der Waals surface area contributed by atoms with Crippen molar-refractivity contribution >= 4 is 5.91 Å². The lowest BCUT2D eigenvalue weighted by atomic mass is 9.77. The van der Waals surface area contributed by atoms with Gasteiger partial charge in [-0.05, 0) is 50.4 Å². The SMILES string of the molecule is CN1CCC2(CCN(C(=O)c3c(O)cccc3O)CC2)C1. The number of rotatable bonds is 1. The van der Waals surface area contributed by atoms with E-state index in [0.29, 0.717) is 18.5 Å². The van der Waals surface area contributed by atoms with Gasteiger partial charge < -0.3 is 20.0 Å². The molecule has 0 aliphatic carbocycles. The number of likely N-dealkylation sites (tertiary alicyclic amines) is 2. The Morgan fingerprint density at radius 3 is 2.19 bits per heavy atom. The third-order valence-electron chi connectivity index (χ3n) is 4.97. The summed E-state index contributed by atoms with van der Waals surface area (Å²) in [4.78, 5) is 16.6. The maximum Gasteiger partial charge on any atom is 0.261 e. The third kappa shape index (κ3) is 2.58. The van der Waals surface area contributed by atoms with Crippen LogP contribution >= 0.6 is 0 Å². The molecule has 2 fully saturated rings. The molecule has 1 amide bonds. The first-order valence-corrected chi connectivity index (χ1v) is 7.50. The molecule has 0 saturated carbocycles. The van der Waals surface area contributed by atoms with E-state index in [9.17, 15) is 15.0 Å². The fourth-order valence-electron chi connectivity index (χ4n) is 3.66. The molecular formula is C16H22N2O3. The fourth-order valence-corrected chi connectivity index (χ4v) is 3.66. The summed E-state index contributed by atoms with van der Waals surface area (Å²) in [6.07, 6.45) is 3.20. The normalized spacial score (nSPS) is 21.9. The maximum absolute atomic E-state index is 12.5. The molecule has 21 heavy (non-hydrogen) atoms. The Labute approximate surface area is 124 Å². The van der Waals surface area contributed by atoms with Crippen LogP contribution in [0.1, 0.15) is 29.6 Å². The first-order chi connectivity index (χ1) is 10.0. The summed E-state index contributed by atoms with van der Waals surface area (Å²) in [5.41, 5.74) is 0.378. The van der Waals surface area contributed by atoms with E-state index in [1.165, 1.54) is 24.6 Å². The molecule has 0 bridgehead atoms. The summed E-state index contributed by atoms with van der Waals surface area (Å²) >= 11 is 0. The van der Waals surface area contributed by atoms with Crippen molar-refractivity contribution in [2.24, 2.45) is 5.41 Å². The minimum Gasteiger partial charge on any atom is -0.507 e. The standard InChI is InChI=1S/C16H22N2O3/c1-17-8-5-16(11-17)6-9-18(10-7-16)15(21)14-12(19)3-2-4-13(14)20/h2-4,19-20H,5-11H2,1H3. The third-order valence-corrected chi connectivity index (χ3v) is 4.97. The van der Waals surface area contributed by atoms with Gasteiger partial charge >= 0.3 is 0 Å². The van der Waals surface area contributed by atoms with E-state index in [2.05, 4.69) is 11.9 Å². The van der Waals surface area contributed by atoms with Crippen molar-refractivity contribution in [2.45, 2.75) is 19.3 Å². The minimum absolute atomic E-state index is 0.0250. The lowest BCUT2D eigenvalue weighted by Crippen LogP contribution is -2.44. The molecule has 5 heteroatoms. The highest BCUT2D eigenvalue weighted by Gasteiger charge is 2.40. The van der Waals surface area contributed by atoms with Gasteiger partial charge in [-0.15, -0.1) is 0 Å². The number of piperidine rings is 1. The van der Waals surface area contributed by atoms with Gasteiger partial charge in [0.05, 0.1) is 0 Å². The second kappa shape index (κ2) is 5.22. The number of nitrogens with zero attached hydrogens (tertiary/aromatic N) is 2. The summed E-state index contributed by atoms with van der Waals surface area (Å²) in [6.45, 7) is 3.63. The van der Waals surface area contributed by atoms with Gasteiger partial charge in [0.15, 0.2) is 0 Å². The van der Waals surface area contributed by atoms with Crippen LogP contribution < -0.4 is 0 Å². The molecule has 0 radical (unpaired) electrons. The Bertz CT molecular complexity index is 530. The van der Waals surface area contributed by atoms with Crippen LogP contribution in [0.3, 0.4) is 0 Å². The smallest absolute Gasteiger partial charge is 0.261 e. The van der Waals surface area contributed by atoms with Crippen molar-refractivity contribution in [3.8, 4) is 11.5 Å². The van der Waals surface area contributed by atoms with E-state index in [1.807, 2.05) is 0 Å². The highest BCUT2D eigenvalue weighted by Crippen LogP contribution is 2.40. The number of hydrogen-bond acceptors (Lipinski definition) is 4. The lowest BCUT2D eigenvalue weighted by molar-refractivity contribution is 0.0588. The second-order valence-corrected chi connectivity index (χ2v) is 6.45. The molecule has 2 saturated heterocycles. The number of hydrogen-bond donors (Lipinski definition) is 2. The van der Waals surface area contributed by atoms with Gasteiger partial charge in [0.25, 0.3) is 5.91 Å². The van der Waals surface area contributed by atoms with Crippen LogP contribution in [0.2, 0.25) is 0 Å². The maximum atomic E-state index is 12.5. The molecule has 1 aromatic rings.